The summed E-state index contributed by atoms with van der Waals surface area (Å²) < 4.78 is 0. The second kappa shape index (κ2) is 7.38. The molecule has 1 heterocycles. The van der Waals surface area contributed by atoms with Gasteiger partial charge in [-0.25, -0.2) is 4.98 Å². The van der Waals surface area contributed by atoms with Crippen LogP contribution in [0.2, 0.25) is 0 Å². The fourth-order valence-corrected chi connectivity index (χ4v) is 2.53. The molecule has 1 amide bonds. The second-order valence-corrected chi connectivity index (χ2v) is 5.54. The molecule has 4 nitrogen and oxygen atoms in total. The third kappa shape index (κ3) is 4.42. The van der Waals surface area contributed by atoms with Crippen molar-refractivity contribution in [3.8, 4) is 0 Å². The molecule has 5 heteroatoms. The molecule has 0 aliphatic carbocycles. The van der Waals surface area contributed by atoms with Gasteiger partial charge in [0.05, 0.1) is 0 Å². The number of rotatable bonds is 6. The Kier molecular flexibility index (Phi) is 6.15. The molecule has 1 unspecified atom stereocenters. The van der Waals surface area contributed by atoms with Crippen molar-refractivity contribution >= 4 is 23.5 Å². The third-order valence-electron chi connectivity index (χ3n) is 2.95. The number of hydrogen-bond donors (Lipinski definition) is 1. The quantitative estimate of drug-likeness (QED) is 0.870. The fourth-order valence-electron chi connectivity index (χ4n) is 1.82. The lowest BCUT2D eigenvalue weighted by Gasteiger charge is -2.24. The fraction of sp³-hybridized carbons (Fsp3) is 0.571. The number of anilines is 1. The average Bonchev–Trinajstić information content (AvgIpc) is 2.37. The summed E-state index contributed by atoms with van der Waals surface area (Å²) in [4.78, 5) is 18.6. The number of carbonyl (C=O) groups is 1. The summed E-state index contributed by atoms with van der Waals surface area (Å²) in [6.07, 6.45) is 2.05. The minimum atomic E-state index is 0.0474. The van der Waals surface area contributed by atoms with Gasteiger partial charge in [0.25, 0.3) is 5.91 Å². The molecule has 1 N–H and O–H groups in total. The Morgan fingerprint density at radius 3 is 2.79 bits per heavy atom. The van der Waals surface area contributed by atoms with Gasteiger partial charge in [0.2, 0.25) is 0 Å². The molecule has 0 aliphatic rings. The van der Waals surface area contributed by atoms with Crippen LogP contribution < -0.4 is 5.32 Å². The Balaban J connectivity index is 2.92. The number of thioether (sulfide) groups is 1. The highest BCUT2D eigenvalue weighted by molar-refractivity contribution is 7.98. The number of pyridine rings is 1. The molecular formula is C14H23N3OS. The first-order valence-electron chi connectivity index (χ1n) is 6.48. The number of nitrogens with one attached hydrogen (secondary N) is 1. The lowest BCUT2D eigenvalue weighted by atomic mass is 10.2. The van der Waals surface area contributed by atoms with Gasteiger partial charge >= 0.3 is 0 Å². The number of aryl methyl sites for hydroxylation is 1. The Morgan fingerprint density at radius 2 is 2.21 bits per heavy atom. The summed E-state index contributed by atoms with van der Waals surface area (Å²) >= 11 is 1.75. The maximum absolute atomic E-state index is 12.4. The lowest BCUT2D eigenvalue weighted by Crippen LogP contribution is -2.36. The molecule has 1 rings (SSSR count). The predicted molar refractivity (Wildman–Crippen MR) is 83.1 cm³/mol. The number of amides is 1. The van der Waals surface area contributed by atoms with E-state index in [9.17, 15) is 4.79 Å². The zero-order valence-corrected chi connectivity index (χ0v) is 13.2. The molecular weight excluding hydrogens is 258 g/mol. The first-order valence-corrected chi connectivity index (χ1v) is 7.87. The molecule has 0 fully saturated rings. The highest BCUT2D eigenvalue weighted by atomic mass is 32.2. The molecule has 0 spiro atoms. The monoisotopic (exact) mass is 281 g/mol. The van der Waals surface area contributed by atoms with E-state index in [1.807, 2.05) is 33.0 Å². The van der Waals surface area contributed by atoms with E-state index >= 15 is 0 Å². The van der Waals surface area contributed by atoms with Gasteiger partial charge in [-0.3, -0.25) is 4.79 Å². The van der Waals surface area contributed by atoms with E-state index in [-0.39, 0.29) is 11.9 Å². The molecule has 0 radical (unpaired) electrons. The Hall–Kier alpha value is -1.23. The molecule has 1 aromatic rings. The van der Waals surface area contributed by atoms with E-state index in [1.165, 1.54) is 0 Å². The van der Waals surface area contributed by atoms with E-state index in [0.717, 1.165) is 23.8 Å². The summed E-state index contributed by atoms with van der Waals surface area (Å²) in [7, 11) is 1.85. The topological polar surface area (TPSA) is 45.2 Å². The third-order valence-corrected chi connectivity index (χ3v) is 3.76. The van der Waals surface area contributed by atoms with E-state index in [4.69, 9.17) is 0 Å². The van der Waals surface area contributed by atoms with Crippen molar-refractivity contribution in [3.63, 3.8) is 0 Å². The van der Waals surface area contributed by atoms with Crippen LogP contribution in [0.3, 0.4) is 0 Å². The van der Waals surface area contributed by atoms with E-state index in [0.29, 0.717) is 5.56 Å². The van der Waals surface area contributed by atoms with Gasteiger partial charge in [0.1, 0.15) is 5.82 Å². The van der Waals surface area contributed by atoms with Gasteiger partial charge in [-0.05, 0) is 39.2 Å². The molecule has 1 atom stereocenters. The Morgan fingerprint density at radius 1 is 1.53 bits per heavy atom. The number of aromatic nitrogens is 1. The Bertz CT molecular complexity index is 437. The SMILES string of the molecule is CCNc1cc(C(=O)N(C)C(C)CSC)cc(C)n1. The largest absolute Gasteiger partial charge is 0.370 e. The van der Waals surface area contributed by atoms with Crippen LogP contribution in [0.4, 0.5) is 5.82 Å². The first-order chi connectivity index (χ1) is 8.99. The van der Waals surface area contributed by atoms with Crippen molar-refractivity contribution in [1.82, 2.24) is 9.88 Å². The van der Waals surface area contributed by atoms with Crippen LogP contribution in [0.5, 0.6) is 0 Å². The number of nitrogens with zero attached hydrogens (tertiary/aromatic N) is 2. The zero-order valence-electron chi connectivity index (χ0n) is 12.4. The molecule has 19 heavy (non-hydrogen) atoms. The smallest absolute Gasteiger partial charge is 0.254 e. The normalized spacial score (nSPS) is 12.1. The van der Waals surface area contributed by atoms with E-state index in [2.05, 4.69) is 23.5 Å². The van der Waals surface area contributed by atoms with Gasteiger partial charge in [-0.15, -0.1) is 0 Å². The molecule has 106 valence electrons. The minimum absolute atomic E-state index is 0.0474. The highest BCUT2D eigenvalue weighted by Crippen LogP contribution is 2.14. The summed E-state index contributed by atoms with van der Waals surface area (Å²) in [5, 5.41) is 3.15. The Labute approximate surface area is 120 Å². The standard InChI is InChI=1S/C14H23N3OS/c1-6-15-13-8-12(7-10(2)16-13)14(18)17(4)11(3)9-19-5/h7-8,11H,6,9H2,1-5H3,(H,15,16). The van der Waals surface area contributed by atoms with E-state index < -0.39 is 0 Å². The minimum Gasteiger partial charge on any atom is -0.370 e. The molecule has 0 saturated heterocycles. The van der Waals surface area contributed by atoms with Gasteiger partial charge in [0, 0.05) is 36.6 Å². The number of carbonyl (C=O) groups excluding carboxylic acids is 1. The van der Waals surface area contributed by atoms with Crippen molar-refractivity contribution in [1.29, 1.82) is 0 Å². The zero-order chi connectivity index (χ0) is 14.4. The van der Waals surface area contributed by atoms with Crippen LogP contribution in [0, 0.1) is 6.92 Å². The predicted octanol–water partition coefficient (Wildman–Crippen LogP) is 2.65. The highest BCUT2D eigenvalue weighted by Gasteiger charge is 2.18. The summed E-state index contributed by atoms with van der Waals surface area (Å²) in [6.45, 7) is 6.78. The van der Waals surface area contributed by atoms with Gasteiger partial charge in [-0.1, -0.05) is 0 Å². The van der Waals surface area contributed by atoms with Crippen LogP contribution in [0.15, 0.2) is 12.1 Å². The second-order valence-electron chi connectivity index (χ2n) is 4.63. The van der Waals surface area contributed by atoms with Crippen LogP contribution in [-0.2, 0) is 0 Å². The van der Waals surface area contributed by atoms with Crippen molar-refractivity contribution < 1.29 is 4.79 Å². The molecule has 1 aromatic heterocycles. The number of hydrogen-bond acceptors (Lipinski definition) is 4. The van der Waals surface area contributed by atoms with Gasteiger partial charge in [-0.2, -0.15) is 11.8 Å². The van der Waals surface area contributed by atoms with Gasteiger partial charge in [0.15, 0.2) is 0 Å². The summed E-state index contributed by atoms with van der Waals surface area (Å²) in [5.74, 6) is 1.75. The van der Waals surface area contributed by atoms with Crippen LogP contribution in [0.1, 0.15) is 29.9 Å². The van der Waals surface area contributed by atoms with Crippen LogP contribution in [0.25, 0.3) is 0 Å². The summed E-state index contributed by atoms with van der Waals surface area (Å²) in [6, 6.07) is 3.88. The summed E-state index contributed by atoms with van der Waals surface area (Å²) in [5.41, 5.74) is 1.55. The van der Waals surface area contributed by atoms with Crippen molar-refractivity contribution in [2.75, 3.05) is 30.9 Å². The molecule has 0 aliphatic heterocycles. The van der Waals surface area contributed by atoms with Crippen LogP contribution >= 0.6 is 11.8 Å². The average molecular weight is 281 g/mol. The van der Waals surface area contributed by atoms with E-state index in [1.54, 1.807) is 16.7 Å². The van der Waals surface area contributed by atoms with Gasteiger partial charge < -0.3 is 10.2 Å². The maximum atomic E-state index is 12.4. The van der Waals surface area contributed by atoms with Crippen LogP contribution in [-0.4, -0.2) is 47.4 Å². The lowest BCUT2D eigenvalue weighted by molar-refractivity contribution is 0.0757. The molecule has 0 saturated carbocycles. The first kappa shape index (κ1) is 15.8. The molecule has 0 aromatic carbocycles. The maximum Gasteiger partial charge on any atom is 0.254 e. The molecule has 0 bridgehead atoms. The van der Waals surface area contributed by atoms with Crippen molar-refractivity contribution in [2.45, 2.75) is 26.8 Å². The van der Waals surface area contributed by atoms with Crippen molar-refractivity contribution in [3.05, 3.63) is 23.4 Å². The van der Waals surface area contributed by atoms with Crippen molar-refractivity contribution in [2.24, 2.45) is 0 Å².